The fourth-order valence-corrected chi connectivity index (χ4v) is 4.73. The molecule has 0 radical (unpaired) electrons. The van der Waals surface area contributed by atoms with E-state index in [1.807, 2.05) is 9.80 Å². The molecule has 2 saturated heterocycles. The molecule has 4 nitrogen and oxygen atoms in total. The minimum absolute atomic E-state index is 0.287. The lowest BCUT2D eigenvalue weighted by Crippen LogP contribution is -2.55. The molecule has 30 heavy (non-hydrogen) atoms. The van der Waals surface area contributed by atoms with Crippen molar-refractivity contribution < 1.29 is 18.0 Å². The minimum atomic E-state index is -4.31. The molecule has 3 aliphatic rings. The van der Waals surface area contributed by atoms with E-state index >= 15 is 0 Å². The van der Waals surface area contributed by atoms with Crippen LogP contribution in [0, 0.1) is 5.41 Å². The van der Waals surface area contributed by atoms with Crippen LogP contribution in [0.25, 0.3) is 0 Å². The lowest BCUT2D eigenvalue weighted by atomic mass is 10.00. The lowest BCUT2D eigenvalue weighted by molar-refractivity contribution is -0.137. The summed E-state index contributed by atoms with van der Waals surface area (Å²) in [6.07, 6.45) is 1.97. The van der Waals surface area contributed by atoms with E-state index in [9.17, 15) is 18.0 Å². The van der Waals surface area contributed by atoms with Crippen LogP contribution in [0.4, 0.5) is 18.9 Å². The monoisotopic (exact) mass is 423 g/mol. The maximum absolute atomic E-state index is 13.0. The third kappa shape index (κ3) is 5.10. The number of piperazine rings is 1. The summed E-state index contributed by atoms with van der Waals surface area (Å²) in [5.41, 5.74) is 0.451. The highest BCUT2D eigenvalue weighted by atomic mass is 19.4. The molecule has 0 N–H and O–H groups in total. The number of nitrogens with zero attached hydrogens (tertiary/aromatic N) is 3. The van der Waals surface area contributed by atoms with E-state index < -0.39 is 11.7 Å². The Bertz CT molecular complexity index is 754. The van der Waals surface area contributed by atoms with Gasteiger partial charge < -0.3 is 9.80 Å². The van der Waals surface area contributed by atoms with Gasteiger partial charge in [0.2, 0.25) is 5.91 Å². The van der Waals surface area contributed by atoms with Gasteiger partial charge in [0.1, 0.15) is 0 Å². The molecule has 1 atom stereocenters. The largest absolute Gasteiger partial charge is 0.416 e. The van der Waals surface area contributed by atoms with Crippen molar-refractivity contribution in [2.45, 2.75) is 57.7 Å². The molecule has 166 valence electrons. The number of amides is 1. The topological polar surface area (TPSA) is 26.8 Å². The smallest absolute Gasteiger partial charge is 0.369 e. The zero-order valence-electron chi connectivity index (χ0n) is 17.8. The summed E-state index contributed by atoms with van der Waals surface area (Å²) in [6.45, 7) is 6.98. The van der Waals surface area contributed by atoms with Crippen LogP contribution in [-0.2, 0) is 11.0 Å². The van der Waals surface area contributed by atoms with Crippen molar-refractivity contribution in [3.8, 4) is 0 Å². The van der Waals surface area contributed by atoms with Crippen molar-refractivity contribution in [3.63, 3.8) is 0 Å². The summed E-state index contributed by atoms with van der Waals surface area (Å²) in [5, 5.41) is 0. The highest BCUT2D eigenvalue weighted by Crippen LogP contribution is 2.49. The Hall–Kier alpha value is -1.76. The molecule has 2 heterocycles. The molecule has 0 aromatic heterocycles. The summed E-state index contributed by atoms with van der Waals surface area (Å²) < 4.78 is 39.0. The van der Waals surface area contributed by atoms with Gasteiger partial charge >= 0.3 is 6.18 Å². The van der Waals surface area contributed by atoms with Gasteiger partial charge in [-0.3, -0.25) is 9.69 Å². The summed E-state index contributed by atoms with van der Waals surface area (Å²) in [7, 11) is 0. The number of halogens is 3. The number of likely N-dealkylation sites (tertiary alicyclic amines) is 1. The van der Waals surface area contributed by atoms with Gasteiger partial charge in [0.05, 0.1) is 5.56 Å². The van der Waals surface area contributed by atoms with Crippen molar-refractivity contribution in [2.75, 3.05) is 44.2 Å². The van der Waals surface area contributed by atoms with Crippen LogP contribution in [0.5, 0.6) is 0 Å². The molecule has 0 bridgehead atoms. The zero-order valence-corrected chi connectivity index (χ0v) is 17.8. The number of benzene rings is 1. The van der Waals surface area contributed by atoms with Gasteiger partial charge in [-0.25, -0.2) is 0 Å². The normalized spacial score (nSPS) is 24.7. The fourth-order valence-electron chi connectivity index (χ4n) is 4.73. The van der Waals surface area contributed by atoms with Gasteiger partial charge in [0, 0.05) is 57.4 Å². The number of rotatable bonds is 5. The van der Waals surface area contributed by atoms with E-state index in [2.05, 4.69) is 11.8 Å². The molecule has 4 rings (SSSR count). The van der Waals surface area contributed by atoms with Gasteiger partial charge in [-0.05, 0) is 55.7 Å². The first-order chi connectivity index (χ1) is 14.2. The van der Waals surface area contributed by atoms with E-state index in [4.69, 9.17) is 0 Å². The maximum atomic E-state index is 13.0. The summed E-state index contributed by atoms with van der Waals surface area (Å²) in [6, 6.07) is 5.97. The fraction of sp³-hybridized carbons (Fsp3) is 0.696. The van der Waals surface area contributed by atoms with E-state index in [0.29, 0.717) is 36.7 Å². The first kappa shape index (κ1) is 21.5. The number of piperidine rings is 1. The minimum Gasteiger partial charge on any atom is -0.369 e. The van der Waals surface area contributed by atoms with Crippen molar-refractivity contribution in [2.24, 2.45) is 5.41 Å². The number of carbonyl (C=O) groups excluding carboxylic acids is 1. The Kier molecular flexibility index (Phi) is 6.02. The predicted octanol–water partition coefficient (Wildman–Crippen LogP) is 4.40. The van der Waals surface area contributed by atoms with E-state index in [1.165, 1.54) is 25.0 Å². The molecule has 0 unspecified atom stereocenters. The van der Waals surface area contributed by atoms with Crippen LogP contribution in [-0.4, -0.2) is 61.0 Å². The van der Waals surface area contributed by atoms with E-state index in [1.54, 1.807) is 6.07 Å². The molecular weight excluding hydrogens is 391 g/mol. The number of carbonyl (C=O) groups is 1. The maximum Gasteiger partial charge on any atom is 0.416 e. The molecule has 1 aliphatic carbocycles. The highest BCUT2D eigenvalue weighted by Gasteiger charge is 2.38. The first-order valence-electron chi connectivity index (χ1n) is 11.2. The number of anilines is 1. The molecule has 1 saturated carbocycles. The lowest BCUT2D eigenvalue weighted by Gasteiger charge is -2.44. The standard InChI is InChI=1S/C23H32F3N3O/c1-22(9-10-22)8-7-21(30)29-11-3-6-20(17-29)28-14-12-27(13-15-28)19-5-2-4-18(16-19)23(24,25)26/h2,4-5,16,20H,3,6-15,17H2,1H3/t20-/m0/s1. The van der Waals surface area contributed by atoms with E-state index in [-0.39, 0.29) is 5.91 Å². The van der Waals surface area contributed by atoms with Crippen LogP contribution >= 0.6 is 0 Å². The van der Waals surface area contributed by atoms with Gasteiger partial charge in [-0.1, -0.05) is 13.0 Å². The SMILES string of the molecule is CC1(CCC(=O)N2CCC[C@H](N3CCN(c4cccc(C(F)(F)F)c4)CC3)C2)CC1. The highest BCUT2D eigenvalue weighted by molar-refractivity contribution is 5.76. The summed E-state index contributed by atoms with van der Waals surface area (Å²) in [4.78, 5) is 19.2. The Balaban J connectivity index is 1.29. The van der Waals surface area contributed by atoms with Crippen LogP contribution in [0.3, 0.4) is 0 Å². The molecule has 1 amide bonds. The molecule has 7 heteroatoms. The van der Waals surface area contributed by atoms with Gasteiger partial charge in [-0.2, -0.15) is 13.2 Å². The molecular formula is C23H32F3N3O. The third-order valence-corrected chi connectivity index (χ3v) is 7.16. The quantitative estimate of drug-likeness (QED) is 0.703. The summed E-state index contributed by atoms with van der Waals surface area (Å²) in [5.74, 6) is 0.287. The summed E-state index contributed by atoms with van der Waals surface area (Å²) >= 11 is 0. The van der Waals surface area contributed by atoms with E-state index in [0.717, 1.165) is 51.5 Å². The molecule has 3 fully saturated rings. The van der Waals surface area contributed by atoms with Crippen LogP contribution in [0.15, 0.2) is 24.3 Å². The van der Waals surface area contributed by atoms with Crippen LogP contribution in [0.2, 0.25) is 0 Å². The number of hydrogen-bond donors (Lipinski definition) is 0. The second-order valence-corrected chi connectivity index (χ2v) is 9.52. The Morgan fingerprint density at radius 1 is 1.13 bits per heavy atom. The molecule has 1 aromatic rings. The third-order valence-electron chi connectivity index (χ3n) is 7.16. The van der Waals surface area contributed by atoms with Crippen molar-refractivity contribution in [3.05, 3.63) is 29.8 Å². The Labute approximate surface area is 177 Å². The average molecular weight is 424 g/mol. The Morgan fingerprint density at radius 2 is 1.87 bits per heavy atom. The molecule has 2 aliphatic heterocycles. The molecule has 1 aromatic carbocycles. The van der Waals surface area contributed by atoms with Gasteiger partial charge in [0.25, 0.3) is 0 Å². The van der Waals surface area contributed by atoms with Crippen LogP contribution < -0.4 is 4.90 Å². The zero-order chi connectivity index (χ0) is 21.4. The average Bonchev–Trinajstić information content (AvgIpc) is 3.49. The van der Waals surface area contributed by atoms with Gasteiger partial charge in [0.15, 0.2) is 0 Å². The first-order valence-corrected chi connectivity index (χ1v) is 11.2. The second kappa shape index (κ2) is 8.40. The van der Waals surface area contributed by atoms with Gasteiger partial charge in [-0.15, -0.1) is 0 Å². The Morgan fingerprint density at radius 3 is 2.53 bits per heavy atom. The number of hydrogen-bond acceptors (Lipinski definition) is 3. The second-order valence-electron chi connectivity index (χ2n) is 9.52. The van der Waals surface area contributed by atoms with Crippen LogP contribution in [0.1, 0.15) is 51.0 Å². The van der Waals surface area contributed by atoms with Crippen molar-refractivity contribution in [1.82, 2.24) is 9.80 Å². The van der Waals surface area contributed by atoms with Crippen molar-refractivity contribution in [1.29, 1.82) is 0 Å². The predicted molar refractivity (Wildman–Crippen MR) is 111 cm³/mol. The molecule has 0 spiro atoms. The van der Waals surface area contributed by atoms with Crippen molar-refractivity contribution >= 4 is 11.6 Å². The number of alkyl halides is 3.